The number of nitrogens with one attached hydrogen (secondary N) is 1. The second-order valence-electron chi connectivity index (χ2n) is 3.68. The van der Waals surface area contributed by atoms with Crippen LogP contribution in [0.3, 0.4) is 0 Å². The molecule has 7 nitrogen and oxygen atoms in total. The summed E-state index contributed by atoms with van der Waals surface area (Å²) in [4.78, 5) is 32.1. The van der Waals surface area contributed by atoms with E-state index in [1.807, 2.05) is 0 Å². The van der Waals surface area contributed by atoms with Crippen LogP contribution in [0, 0.1) is 5.92 Å². The van der Waals surface area contributed by atoms with E-state index < -0.39 is 36.4 Å². The summed E-state index contributed by atoms with van der Waals surface area (Å²) < 4.78 is 0. The Morgan fingerprint density at radius 1 is 1.19 bits per heavy atom. The molecule has 7 heteroatoms. The molecule has 0 fully saturated rings. The number of carboxylic acids is 2. The van der Waals surface area contributed by atoms with Crippen molar-refractivity contribution < 1.29 is 29.7 Å². The largest absolute Gasteiger partial charge is 0.481 e. The molecule has 1 amide bonds. The maximum Gasteiger partial charge on any atom is 0.326 e. The molecule has 0 aliphatic rings. The SMILES string of the molecule is CC(C)C(NC(=O)C(O)CC(=O)O)C(=O)O. The first-order valence-electron chi connectivity index (χ1n) is 4.68. The molecule has 16 heavy (non-hydrogen) atoms. The van der Waals surface area contributed by atoms with Gasteiger partial charge in [-0.1, -0.05) is 13.8 Å². The summed E-state index contributed by atoms with van der Waals surface area (Å²) in [5, 5.41) is 28.3. The summed E-state index contributed by atoms with van der Waals surface area (Å²) in [5.41, 5.74) is 0. The van der Waals surface area contributed by atoms with Crippen LogP contribution in [-0.2, 0) is 14.4 Å². The van der Waals surface area contributed by atoms with Crippen molar-refractivity contribution >= 4 is 17.8 Å². The number of rotatable bonds is 6. The average Bonchev–Trinajstić information content (AvgIpc) is 2.11. The second-order valence-corrected chi connectivity index (χ2v) is 3.68. The monoisotopic (exact) mass is 233 g/mol. The maximum absolute atomic E-state index is 11.2. The Morgan fingerprint density at radius 3 is 2.00 bits per heavy atom. The van der Waals surface area contributed by atoms with Gasteiger partial charge in [-0.05, 0) is 5.92 Å². The molecular formula is C9H15NO6. The van der Waals surface area contributed by atoms with E-state index in [0.29, 0.717) is 0 Å². The number of aliphatic hydroxyl groups is 1. The van der Waals surface area contributed by atoms with Crippen LogP contribution in [0.1, 0.15) is 20.3 Å². The fourth-order valence-corrected chi connectivity index (χ4v) is 1.02. The van der Waals surface area contributed by atoms with Crippen LogP contribution in [0.25, 0.3) is 0 Å². The van der Waals surface area contributed by atoms with Gasteiger partial charge in [0, 0.05) is 0 Å². The van der Waals surface area contributed by atoms with Gasteiger partial charge in [0.05, 0.1) is 6.42 Å². The number of carboxylic acid groups (broad SMARTS) is 2. The normalized spacial score (nSPS) is 14.2. The number of amides is 1. The third-order valence-electron chi connectivity index (χ3n) is 1.90. The molecule has 92 valence electrons. The van der Waals surface area contributed by atoms with Gasteiger partial charge < -0.3 is 20.6 Å². The lowest BCUT2D eigenvalue weighted by molar-refractivity contribution is -0.147. The first-order chi connectivity index (χ1) is 7.25. The molecule has 0 aliphatic heterocycles. The van der Waals surface area contributed by atoms with Crippen LogP contribution in [0.5, 0.6) is 0 Å². The van der Waals surface area contributed by atoms with Crippen molar-refractivity contribution in [2.75, 3.05) is 0 Å². The predicted octanol–water partition coefficient (Wildman–Crippen LogP) is -0.953. The van der Waals surface area contributed by atoms with Crippen LogP contribution in [0.15, 0.2) is 0 Å². The molecule has 0 aromatic rings. The number of carbonyl (C=O) groups excluding carboxylic acids is 1. The summed E-state index contributed by atoms with van der Waals surface area (Å²) in [6.07, 6.45) is -2.49. The van der Waals surface area contributed by atoms with Gasteiger partial charge in [0.1, 0.15) is 12.1 Å². The van der Waals surface area contributed by atoms with E-state index >= 15 is 0 Å². The quantitative estimate of drug-likeness (QED) is 0.468. The number of hydrogen-bond donors (Lipinski definition) is 4. The lowest BCUT2D eigenvalue weighted by atomic mass is 10.0. The zero-order chi connectivity index (χ0) is 12.9. The Hall–Kier alpha value is -1.63. The van der Waals surface area contributed by atoms with E-state index in [1.165, 1.54) is 0 Å². The van der Waals surface area contributed by atoms with Crippen LogP contribution < -0.4 is 5.32 Å². The molecular weight excluding hydrogens is 218 g/mol. The molecule has 0 aromatic heterocycles. The summed E-state index contributed by atoms with van der Waals surface area (Å²) >= 11 is 0. The number of hydrogen-bond acceptors (Lipinski definition) is 4. The smallest absolute Gasteiger partial charge is 0.326 e. The number of aliphatic hydroxyl groups excluding tert-OH is 1. The zero-order valence-corrected chi connectivity index (χ0v) is 9.01. The van der Waals surface area contributed by atoms with E-state index in [9.17, 15) is 14.4 Å². The van der Waals surface area contributed by atoms with Gasteiger partial charge in [0.15, 0.2) is 0 Å². The molecule has 0 heterocycles. The van der Waals surface area contributed by atoms with Gasteiger partial charge in [-0.25, -0.2) is 4.79 Å². The van der Waals surface area contributed by atoms with Gasteiger partial charge >= 0.3 is 11.9 Å². The lowest BCUT2D eigenvalue weighted by Crippen LogP contribution is -2.48. The van der Waals surface area contributed by atoms with Crippen molar-refractivity contribution in [3.05, 3.63) is 0 Å². The van der Waals surface area contributed by atoms with Gasteiger partial charge in [-0.15, -0.1) is 0 Å². The minimum Gasteiger partial charge on any atom is -0.481 e. The molecule has 0 saturated carbocycles. The van der Waals surface area contributed by atoms with Crippen molar-refractivity contribution in [3.63, 3.8) is 0 Å². The van der Waals surface area contributed by atoms with E-state index in [1.54, 1.807) is 13.8 Å². The summed E-state index contributed by atoms with van der Waals surface area (Å²) in [6.45, 7) is 3.17. The number of carbonyl (C=O) groups is 3. The number of aliphatic carboxylic acids is 2. The molecule has 0 rings (SSSR count). The highest BCUT2D eigenvalue weighted by Crippen LogP contribution is 2.03. The Morgan fingerprint density at radius 2 is 1.69 bits per heavy atom. The summed E-state index contributed by atoms with van der Waals surface area (Å²) in [5.74, 6) is -3.92. The third kappa shape index (κ3) is 4.74. The lowest BCUT2D eigenvalue weighted by Gasteiger charge is -2.19. The van der Waals surface area contributed by atoms with E-state index in [-0.39, 0.29) is 5.92 Å². The highest BCUT2D eigenvalue weighted by molar-refractivity contribution is 5.88. The Kier molecular flexibility index (Phi) is 5.44. The van der Waals surface area contributed by atoms with Crippen molar-refractivity contribution in [1.82, 2.24) is 5.32 Å². The van der Waals surface area contributed by atoms with Crippen molar-refractivity contribution in [2.24, 2.45) is 5.92 Å². The first kappa shape index (κ1) is 14.4. The average molecular weight is 233 g/mol. The molecule has 0 aliphatic carbocycles. The molecule has 0 bridgehead atoms. The summed E-state index contributed by atoms with van der Waals surface area (Å²) in [6, 6.07) is -1.14. The van der Waals surface area contributed by atoms with Crippen molar-refractivity contribution in [2.45, 2.75) is 32.4 Å². The van der Waals surface area contributed by atoms with Gasteiger partial charge in [-0.2, -0.15) is 0 Å². The fourth-order valence-electron chi connectivity index (χ4n) is 1.02. The fraction of sp³-hybridized carbons (Fsp3) is 0.667. The van der Waals surface area contributed by atoms with Crippen LogP contribution >= 0.6 is 0 Å². The summed E-state index contributed by atoms with van der Waals surface area (Å²) in [7, 11) is 0. The van der Waals surface area contributed by atoms with E-state index in [2.05, 4.69) is 5.32 Å². The minimum absolute atomic E-state index is 0.363. The highest BCUT2D eigenvalue weighted by Gasteiger charge is 2.27. The predicted molar refractivity (Wildman–Crippen MR) is 52.7 cm³/mol. The highest BCUT2D eigenvalue weighted by atomic mass is 16.4. The topological polar surface area (TPSA) is 124 Å². The maximum atomic E-state index is 11.2. The molecule has 0 aromatic carbocycles. The van der Waals surface area contributed by atoms with Gasteiger partial charge in [-0.3, -0.25) is 9.59 Å². The Bertz CT molecular complexity index is 288. The molecule has 2 unspecified atom stereocenters. The molecule has 4 N–H and O–H groups in total. The zero-order valence-electron chi connectivity index (χ0n) is 9.01. The van der Waals surface area contributed by atoms with Crippen LogP contribution in [-0.4, -0.2) is 45.3 Å². The van der Waals surface area contributed by atoms with Crippen molar-refractivity contribution in [1.29, 1.82) is 0 Å². The third-order valence-corrected chi connectivity index (χ3v) is 1.90. The Labute approximate surface area is 92.1 Å². The standard InChI is InChI=1S/C9H15NO6/c1-4(2)7(9(15)16)10-8(14)5(11)3-6(12)13/h4-5,7,11H,3H2,1-2H3,(H,10,14)(H,12,13)(H,15,16). The van der Waals surface area contributed by atoms with Crippen LogP contribution in [0.2, 0.25) is 0 Å². The second kappa shape index (κ2) is 6.06. The molecule has 0 saturated heterocycles. The Balaban J connectivity index is 4.40. The molecule has 0 radical (unpaired) electrons. The van der Waals surface area contributed by atoms with E-state index in [4.69, 9.17) is 15.3 Å². The molecule has 0 spiro atoms. The molecule has 2 atom stereocenters. The van der Waals surface area contributed by atoms with Gasteiger partial charge in [0.2, 0.25) is 5.91 Å². The van der Waals surface area contributed by atoms with Crippen LogP contribution in [0.4, 0.5) is 0 Å². The van der Waals surface area contributed by atoms with E-state index in [0.717, 1.165) is 0 Å². The minimum atomic E-state index is -1.74. The first-order valence-corrected chi connectivity index (χ1v) is 4.68. The van der Waals surface area contributed by atoms with Crippen molar-refractivity contribution in [3.8, 4) is 0 Å². The van der Waals surface area contributed by atoms with Gasteiger partial charge in [0.25, 0.3) is 0 Å².